The summed E-state index contributed by atoms with van der Waals surface area (Å²) in [5.74, 6) is 0.643. The number of hydrogen-bond acceptors (Lipinski definition) is 0. The van der Waals surface area contributed by atoms with Gasteiger partial charge in [-0.1, -0.05) is 26.0 Å². The first kappa shape index (κ1) is 9.04. The molecule has 0 nitrogen and oxygen atoms in total. The molecule has 0 aliphatic carbocycles. The largest absolute Gasteiger partial charge is 0.0609 e. The fraction of sp³-hybridized carbons (Fsp3) is 0.400. The van der Waals surface area contributed by atoms with Crippen LogP contribution in [0.5, 0.6) is 0 Å². The molecule has 1 aromatic carbocycles. The molecule has 0 saturated heterocycles. The molecular formula is C10H13I. The Hall–Kier alpha value is -0.0500. The molecule has 1 heteroatoms. The van der Waals surface area contributed by atoms with E-state index in [1.54, 1.807) is 0 Å². The summed E-state index contributed by atoms with van der Waals surface area (Å²) in [6, 6.07) is 6.49. The van der Waals surface area contributed by atoms with Gasteiger partial charge in [-0.3, -0.25) is 0 Å². The Morgan fingerprint density at radius 2 is 1.91 bits per heavy atom. The van der Waals surface area contributed by atoms with Crippen LogP contribution in [0.1, 0.15) is 30.9 Å². The summed E-state index contributed by atoms with van der Waals surface area (Å²) in [5, 5.41) is 0. The van der Waals surface area contributed by atoms with Crippen LogP contribution < -0.4 is 0 Å². The molecule has 0 aliphatic heterocycles. The number of hydrogen-bond donors (Lipinski definition) is 0. The Bertz CT molecular complexity index is 251. The molecule has 0 aromatic heterocycles. The van der Waals surface area contributed by atoms with E-state index in [1.807, 2.05) is 0 Å². The lowest BCUT2D eigenvalue weighted by Crippen LogP contribution is -1.93. The highest BCUT2D eigenvalue weighted by atomic mass is 127. The first-order chi connectivity index (χ1) is 5.13. The maximum absolute atomic E-state index is 2.38. The topological polar surface area (TPSA) is 0 Å². The molecule has 1 aromatic rings. The smallest absolute Gasteiger partial charge is 0.0162 e. The maximum atomic E-state index is 2.38. The van der Waals surface area contributed by atoms with Crippen LogP contribution in [0.15, 0.2) is 18.2 Å². The Morgan fingerprint density at radius 1 is 1.27 bits per heavy atom. The minimum Gasteiger partial charge on any atom is -0.0609 e. The molecule has 0 N–H and O–H groups in total. The predicted molar refractivity (Wildman–Crippen MR) is 58.0 cm³/mol. The first-order valence-electron chi connectivity index (χ1n) is 3.88. The van der Waals surface area contributed by atoms with E-state index >= 15 is 0 Å². The van der Waals surface area contributed by atoms with Gasteiger partial charge in [0, 0.05) is 3.57 Å². The van der Waals surface area contributed by atoms with E-state index in [9.17, 15) is 0 Å². The zero-order valence-corrected chi connectivity index (χ0v) is 9.34. The third-order valence-corrected chi connectivity index (χ3v) is 3.10. The molecule has 0 fully saturated rings. The second-order valence-electron chi connectivity index (χ2n) is 3.11. The van der Waals surface area contributed by atoms with Crippen LogP contribution in [0, 0.1) is 10.5 Å². The summed E-state index contributed by atoms with van der Waals surface area (Å²) in [7, 11) is 0. The van der Waals surface area contributed by atoms with Crippen molar-refractivity contribution < 1.29 is 0 Å². The number of benzene rings is 1. The van der Waals surface area contributed by atoms with E-state index in [4.69, 9.17) is 0 Å². The normalized spacial score (nSPS) is 10.6. The summed E-state index contributed by atoms with van der Waals surface area (Å²) < 4.78 is 1.37. The molecule has 0 atom stereocenters. The van der Waals surface area contributed by atoms with Gasteiger partial charge in [0.25, 0.3) is 0 Å². The predicted octanol–water partition coefficient (Wildman–Crippen LogP) is 3.72. The van der Waals surface area contributed by atoms with Crippen LogP contribution in [0.3, 0.4) is 0 Å². The van der Waals surface area contributed by atoms with Crippen LogP contribution in [-0.4, -0.2) is 0 Å². The minimum atomic E-state index is 0.643. The van der Waals surface area contributed by atoms with E-state index < -0.39 is 0 Å². The highest BCUT2D eigenvalue weighted by Crippen LogP contribution is 2.22. The molecule has 0 unspecified atom stereocenters. The number of halogens is 1. The van der Waals surface area contributed by atoms with Gasteiger partial charge in [-0.25, -0.2) is 0 Å². The van der Waals surface area contributed by atoms with Gasteiger partial charge in [-0.2, -0.15) is 0 Å². The summed E-state index contributed by atoms with van der Waals surface area (Å²) in [4.78, 5) is 0. The van der Waals surface area contributed by atoms with Gasteiger partial charge < -0.3 is 0 Å². The van der Waals surface area contributed by atoms with Gasteiger partial charge in [-0.05, 0) is 52.6 Å². The third-order valence-electron chi connectivity index (χ3n) is 1.93. The molecule has 0 amide bonds. The highest BCUT2D eigenvalue weighted by molar-refractivity contribution is 14.1. The van der Waals surface area contributed by atoms with Crippen molar-refractivity contribution in [2.45, 2.75) is 26.7 Å². The molecule has 0 radical (unpaired) electrons. The third kappa shape index (κ3) is 1.95. The zero-order chi connectivity index (χ0) is 8.43. The van der Waals surface area contributed by atoms with Crippen molar-refractivity contribution in [3.05, 3.63) is 32.9 Å². The van der Waals surface area contributed by atoms with Crippen molar-refractivity contribution in [2.75, 3.05) is 0 Å². The van der Waals surface area contributed by atoms with E-state index in [-0.39, 0.29) is 0 Å². The molecule has 0 heterocycles. The second kappa shape index (κ2) is 3.57. The van der Waals surface area contributed by atoms with Gasteiger partial charge >= 0.3 is 0 Å². The second-order valence-corrected chi connectivity index (χ2v) is 4.27. The number of rotatable bonds is 1. The molecule has 0 spiro atoms. The lowest BCUT2D eigenvalue weighted by Gasteiger charge is -2.09. The van der Waals surface area contributed by atoms with Gasteiger partial charge in [0.15, 0.2) is 0 Å². The molecule has 0 saturated carbocycles. The molecular weight excluding hydrogens is 247 g/mol. The average molecular weight is 260 g/mol. The van der Waals surface area contributed by atoms with Gasteiger partial charge in [0.05, 0.1) is 0 Å². The minimum absolute atomic E-state index is 0.643. The monoisotopic (exact) mass is 260 g/mol. The summed E-state index contributed by atoms with van der Waals surface area (Å²) in [5.41, 5.74) is 2.90. The van der Waals surface area contributed by atoms with Crippen molar-refractivity contribution in [3.63, 3.8) is 0 Å². The summed E-state index contributed by atoms with van der Waals surface area (Å²) in [6.07, 6.45) is 0. The van der Waals surface area contributed by atoms with Gasteiger partial charge in [0.1, 0.15) is 0 Å². The van der Waals surface area contributed by atoms with E-state index in [0.717, 1.165) is 0 Å². The highest BCUT2D eigenvalue weighted by Gasteiger charge is 2.03. The van der Waals surface area contributed by atoms with Crippen molar-refractivity contribution in [2.24, 2.45) is 0 Å². The zero-order valence-electron chi connectivity index (χ0n) is 7.19. The van der Waals surface area contributed by atoms with Crippen molar-refractivity contribution >= 4 is 22.6 Å². The Kier molecular flexibility index (Phi) is 2.93. The van der Waals surface area contributed by atoms with Crippen molar-refractivity contribution in [1.29, 1.82) is 0 Å². The quantitative estimate of drug-likeness (QED) is 0.675. The van der Waals surface area contributed by atoms with E-state index in [1.165, 1.54) is 14.7 Å². The molecule has 11 heavy (non-hydrogen) atoms. The van der Waals surface area contributed by atoms with Gasteiger partial charge in [0.2, 0.25) is 0 Å². The lowest BCUT2D eigenvalue weighted by molar-refractivity contribution is 0.855. The average Bonchev–Trinajstić information content (AvgIpc) is 1.94. The molecule has 60 valence electrons. The van der Waals surface area contributed by atoms with Crippen LogP contribution in [0.4, 0.5) is 0 Å². The molecule has 0 bridgehead atoms. The molecule has 1 rings (SSSR count). The summed E-state index contributed by atoms with van der Waals surface area (Å²) in [6.45, 7) is 6.66. The Labute approximate surface area is 82.2 Å². The fourth-order valence-corrected chi connectivity index (χ4v) is 1.77. The standard InChI is InChI=1S/C10H13I/c1-7(2)9-5-4-6-10(11)8(9)3/h4-7H,1-3H3. The van der Waals surface area contributed by atoms with Crippen LogP contribution >= 0.6 is 22.6 Å². The summed E-state index contributed by atoms with van der Waals surface area (Å²) >= 11 is 2.38. The van der Waals surface area contributed by atoms with Crippen LogP contribution in [0.25, 0.3) is 0 Å². The van der Waals surface area contributed by atoms with Crippen LogP contribution in [-0.2, 0) is 0 Å². The van der Waals surface area contributed by atoms with Crippen molar-refractivity contribution in [1.82, 2.24) is 0 Å². The maximum Gasteiger partial charge on any atom is 0.0162 e. The fourth-order valence-electron chi connectivity index (χ4n) is 1.25. The Balaban J connectivity index is 3.17. The van der Waals surface area contributed by atoms with E-state index in [0.29, 0.717) is 5.92 Å². The first-order valence-corrected chi connectivity index (χ1v) is 4.96. The SMILES string of the molecule is Cc1c(I)cccc1C(C)C. The van der Waals surface area contributed by atoms with Crippen molar-refractivity contribution in [3.8, 4) is 0 Å². The lowest BCUT2D eigenvalue weighted by atomic mass is 9.98. The van der Waals surface area contributed by atoms with Gasteiger partial charge in [-0.15, -0.1) is 0 Å². The molecule has 0 aliphatic rings. The van der Waals surface area contributed by atoms with E-state index in [2.05, 4.69) is 61.6 Å². The van der Waals surface area contributed by atoms with Crippen LogP contribution in [0.2, 0.25) is 0 Å². The Morgan fingerprint density at radius 3 is 2.36 bits per heavy atom.